The van der Waals surface area contributed by atoms with Crippen molar-refractivity contribution in [2.24, 2.45) is 5.92 Å². The lowest BCUT2D eigenvalue weighted by Gasteiger charge is -2.61. The molecule has 3 heterocycles. The van der Waals surface area contributed by atoms with Crippen LogP contribution < -0.4 is 5.32 Å². The number of urea groups is 1. The van der Waals surface area contributed by atoms with Gasteiger partial charge >= 0.3 is 12.2 Å². The van der Waals surface area contributed by atoms with Gasteiger partial charge in [0.1, 0.15) is 11.4 Å². The highest BCUT2D eigenvalue weighted by Gasteiger charge is 2.62. The molecule has 13 heteroatoms. The van der Waals surface area contributed by atoms with Crippen LogP contribution in [-0.4, -0.2) is 37.1 Å². The number of aryl methyl sites for hydroxylation is 1. The van der Waals surface area contributed by atoms with Gasteiger partial charge in [-0.05, 0) is 30.9 Å². The molecule has 0 unspecified atom stereocenters. The van der Waals surface area contributed by atoms with Crippen molar-refractivity contribution in [2.45, 2.75) is 50.9 Å². The van der Waals surface area contributed by atoms with Gasteiger partial charge in [0.25, 0.3) is 0 Å². The van der Waals surface area contributed by atoms with Gasteiger partial charge in [0, 0.05) is 24.9 Å². The lowest BCUT2D eigenvalue weighted by molar-refractivity contribution is -0.137. The number of fused-ring (bicyclic) bond motifs is 2. The van der Waals surface area contributed by atoms with Gasteiger partial charge in [-0.1, -0.05) is 6.92 Å². The molecule has 2 fully saturated rings. The summed E-state index contributed by atoms with van der Waals surface area (Å²) in [6.07, 6.45) is -1.72. The number of amides is 2. The van der Waals surface area contributed by atoms with E-state index >= 15 is 0 Å². The molecule has 8 nitrogen and oxygen atoms in total. The van der Waals surface area contributed by atoms with E-state index in [0.717, 1.165) is 6.07 Å². The van der Waals surface area contributed by atoms with Crippen LogP contribution >= 0.6 is 0 Å². The molecule has 1 saturated heterocycles. The maximum Gasteiger partial charge on any atom is 0.417 e. The van der Waals surface area contributed by atoms with E-state index < -0.39 is 52.0 Å². The number of hydrogen-bond donors (Lipinski definition) is 1. The van der Waals surface area contributed by atoms with Gasteiger partial charge in [-0.3, -0.25) is 0 Å². The Hall–Kier alpha value is -3.64. The fraction of sp³-hybridized carbons (Fsp3) is 0.409. The molecule has 2 amide bonds. The van der Waals surface area contributed by atoms with Crippen LogP contribution in [0, 0.1) is 24.5 Å². The van der Waals surface area contributed by atoms with Gasteiger partial charge in [0.2, 0.25) is 11.8 Å². The van der Waals surface area contributed by atoms with E-state index in [9.17, 15) is 26.7 Å². The molecule has 3 aromatic rings. The van der Waals surface area contributed by atoms with Crippen LogP contribution in [-0.2, 0) is 11.7 Å². The Kier molecular flexibility index (Phi) is 5.25. The molecule has 0 spiro atoms. The van der Waals surface area contributed by atoms with Crippen molar-refractivity contribution in [2.75, 3.05) is 5.32 Å². The van der Waals surface area contributed by atoms with Crippen molar-refractivity contribution in [3.8, 4) is 11.4 Å². The maximum atomic E-state index is 14.8. The quantitative estimate of drug-likeness (QED) is 0.511. The molecule has 2 aliphatic rings. The standard InChI is InChI=1S/C22H19F5N6O2/c1-10-3-13-7-21(6-10,19-32-31-11(2)35-19)33(13)20(34)30-17-4-14(18-28-8-12(23)9-29-18)15(5-16(17)24)22(25,26)27/h4-5,8-10,13H,3,6-7H2,1-2H3,(H,30,34)/t10-,13+,21-/m1/s1. The van der Waals surface area contributed by atoms with Crippen molar-refractivity contribution in [1.82, 2.24) is 25.1 Å². The SMILES string of the molecule is Cc1nnc([C@@]23C[C@H](C)C[C@@H](C2)N3C(=O)Nc2cc(-c3ncc(F)cn3)c(C(F)(F)F)cc2F)o1. The fourth-order valence-corrected chi connectivity index (χ4v) is 5.15. The zero-order valence-electron chi connectivity index (χ0n) is 18.5. The number of likely N-dealkylation sites (tertiary alicyclic amines) is 1. The second kappa shape index (κ2) is 7.95. The Morgan fingerprint density at radius 2 is 1.89 bits per heavy atom. The summed E-state index contributed by atoms with van der Waals surface area (Å²) in [6.45, 7) is 3.65. The molecular weight excluding hydrogens is 475 g/mol. The lowest BCUT2D eigenvalue weighted by atomic mass is 9.64. The van der Waals surface area contributed by atoms with E-state index in [4.69, 9.17) is 4.42 Å². The Bertz CT molecular complexity index is 1290. The Morgan fingerprint density at radius 3 is 2.51 bits per heavy atom. The minimum atomic E-state index is -4.94. The van der Waals surface area contributed by atoms with Crippen molar-refractivity contribution in [3.63, 3.8) is 0 Å². The largest absolute Gasteiger partial charge is 0.423 e. The summed E-state index contributed by atoms with van der Waals surface area (Å²) in [7, 11) is 0. The van der Waals surface area contributed by atoms with Crippen LogP contribution in [0.1, 0.15) is 43.5 Å². The smallest absolute Gasteiger partial charge is 0.417 e. The van der Waals surface area contributed by atoms with Gasteiger partial charge in [0.15, 0.2) is 11.6 Å². The van der Waals surface area contributed by atoms with Gasteiger partial charge in [0.05, 0.1) is 23.6 Å². The van der Waals surface area contributed by atoms with Crippen LogP contribution in [0.5, 0.6) is 0 Å². The topological polar surface area (TPSA) is 97.0 Å². The maximum absolute atomic E-state index is 14.8. The minimum absolute atomic E-state index is 0.177. The summed E-state index contributed by atoms with van der Waals surface area (Å²) in [5, 5.41) is 10.3. The Labute approximate surface area is 195 Å². The highest BCUT2D eigenvalue weighted by atomic mass is 19.4. The van der Waals surface area contributed by atoms with Crippen LogP contribution in [0.25, 0.3) is 11.4 Å². The first-order chi connectivity index (χ1) is 16.5. The van der Waals surface area contributed by atoms with E-state index in [2.05, 4.69) is 25.5 Å². The first-order valence-corrected chi connectivity index (χ1v) is 10.8. The third-order valence-electron chi connectivity index (χ3n) is 6.42. The normalized spacial score (nSPS) is 23.7. The minimum Gasteiger partial charge on any atom is -0.423 e. The van der Waals surface area contributed by atoms with E-state index in [1.54, 1.807) is 6.92 Å². The van der Waals surface area contributed by atoms with Crippen molar-refractivity contribution >= 4 is 11.7 Å². The van der Waals surface area contributed by atoms with Crippen molar-refractivity contribution in [1.29, 1.82) is 0 Å². The second-order valence-electron chi connectivity index (χ2n) is 8.96. The van der Waals surface area contributed by atoms with Crippen LogP contribution in [0.15, 0.2) is 28.9 Å². The number of rotatable bonds is 3. The zero-order valence-corrected chi connectivity index (χ0v) is 18.5. The summed E-state index contributed by atoms with van der Waals surface area (Å²) < 4.78 is 74.4. The average molecular weight is 494 g/mol. The summed E-state index contributed by atoms with van der Waals surface area (Å²) in [6, 6.07) is 0.163. The zero-order chi connectivity index (χ0) is 25.1. The molecule has 2 aromatic heterocycles. The lowest BCUT2D eigenvalue weighted by Crippen LogP contribution is -2.70. The van der Waals surface area contributed by atoms with Crippen LogP contribution in [0.3, 0.4) is 0 Å². The molecule has 0 radical (unpaired) electrons. The predicted octanol–water partition coefficient (Wildman–Crippen LogP) is 5.06. The molecule has 35 heavy (non-hydrogen) atoms. The van der Waals surface area contributed by atoms with E-state index in [0.29, 0.717) is 37.5 Å². The molecule has 1 saturated carbocycles. The fourth-order valence-electron chi connectivity index (χ4n) is 5.15. The summed E-state index contributed by atoms with van der Waals surface area (Å²) in [4.78, 5) is 21.9. The average Bonchev–Trinajstić information content (AvgIpc) is 3.21. The molecule has 5 rings (SSSR count). The number of hydrogen-bond acceptors (Lipinski definition) is 6. The summed E-state index contributed by atoms with van der Waals surface area (Å²) in [5.74, 6) is -1.76. The molecular formula is C22H19F5N6O2. The Morgan fingerprint density at radius 1 is 1.17 bits per heavy atom. The molecule has 3 atom stereocenters. The first kappa shape index (κ1) is 23.1. The molecule has 1 aliphatic carbocycles. The monoisotopic (exact) mass is 494 g/mol. The molecule has 1 N–H and O–H groups in total. The third kappa shape index (κ3) is 3.88. The first-order valence-electron chi connectivity index (χ1n) is 10.8. The highest BCUT2D eigenvalue weighted by Crippen LogP contribution is 2.55. The van der Waals surface area contributed by atoms with E-state index in [1.807, 2.05) is 6.92 Å². The third-order valence-corrected chi connectivity index (χ3v) is 6.42. The number of nitrogens with zero attached hydrogens (tertiary/aromatic N) is 5. The number of aromatic nitrogens is 4. The number of halogens is 5. The van der Waals surface area contributed by atoms with Gasteiger partial charge in [-0.15, -0.1) is 10.2 Å². The molecule has 2 bridgehead atoms. The predicted molar refractivity (Wildman–Crippen MR) is 111 cm³/mol. The van der Waals surface area contributed by atoms with Gasteiger partial charge < -0.3 is 14.6 Å². The molecule has 1 aromatic carbocycles. The van der Waals surface area contributed by atoms with Crippen molar-refractivity contribution < 1.29 is 31.2 Å². The van der Waals surface area contributed by atoms with Gasteiger partial charge in [-0.2, -0.15) is 13.2 Å². The number of alkyl halides is 3. The number of benzene rings is 1. The number of carbonyl (C=O) groups excluding carboxylic acids is 1. The van der Waals surface area contributed by atoms with E-state index in [-0.39, 0.29) is 23.9 Å². The number of nitrogens with one attached hydrogen (secondary N) is 1. The summed E-state index contributed by atoms with van der Waals surface area (Å²) in [5.41, 5.74) is -3.33. The number of anilines is 1. The van der Waals surface area contributed by atoms with Crippen molar-refractivity contribution in [3.05, 3.63) is 53.5 Å². The van der Waals surface area contributed by atoms with Crippen LogP contribution in [0.4, 0.5) is 32.4 Å². The van der Waals surface area contributed by atoms with Crippen LogP contribution in [0.2, 0.25) is 0 Å². The summed E-state index contributed by atoms with van der Waals surface area (Å²) >= 11 is 0. The van der Waals surface area contributed by atoms with Gasteiger partial charge in [-0.25, -0.2) is 23.5 Å². The second-order valence-corrected chi connectivity index (χ2v) is 8.96. The highest BCUT2D eigenvalue weighted by molar-refractivity contribution is 5.92. The number of piperidine rings is 1. The molecule has 1 aliphatic heterocycles. The Balaban J connectivity index is 1.51. The number of carbonyl (C=O) groups is 1. The van der Waals surface area contributed by atoms with E-state index in [1.165, 1.54) is 4.90 Å². The molecule has 184 valence electrons.